The Bertz CT molecular complexity index is 528. The number of ether oxygens (including phenoxy) is 1. The second-order valence-corrected chi connectivity index (χ2v) is 5.94. The highest BCUT2D eigenvalue weighted by Crippen LogP contribution is 2.24. The topological polar surface area (TPSA) is 41.6 Å². The molecule has 1 aromatic rings. The maximum Gasteiger partial charge on any atom is 0.387 e. The molecule has 0 spiro atoms. The van der Waals surface area contributed by atoms with Crippen molar-refractivity contribution < 1.29 is 18.3 Å². The van der Waals surface area contributed by atoms with Crippen molar-refractivity contribution in [3.05, 3.63) is 28.8 Å². The smallest absolute Gasteiger partial charge is 0.387 e. The summed E-state index contributed by atoms with van der Waals surface area (Å²) in [5.41, 5.74) is 0.0250. The first-order chi connectivity index (χ1) is 10.5. The van der Waals surface area contributed by atoms with Gasteiger partial charge in [0.2, 0.25) is 0 Å². The number of piperidine rings is 1. The summed E-state index contributed by atoms with van der Waals surface area (Å²) in [6.07, 6.45) is 2.13. The molecule has 0 unspecified atom stereocenters. The van der Waals surface area contributed by atoms with E-state index >= 15 is 0 Å². The molecule has 1 aliphatic heterocycles. The quantitative estimate of drug-likeness (QED) is 0.901. The molecule has 1 saturated heterocycles. The highest BCUT2D eigenvalue weighted by atomic mass is 35.5. The van der Waals surface area contributed by atoms with Crippen molar-refractivity contribution in [3.8, 4) is 5.75 Å². The van der Waals surface area contributed by atoms with Gasteiger partial charge in [0, 0.05) is 18.1 Å². The van der Waals surface area contributed by atoms with E-state index in [1.807, 2.05) is 7.05 Å². The van der Waals surface area contributed by atoms with Gasteiger partial charge in [-0.2, -0.15) is 8.78 Å². The highest BCUT2D eigenvalue weighted by molar-refractivity contribution is 6.31. The molecule has 1 atom stereocenters. The summed E-state index contributed by atoms with van der Waals surface area (Å²) < 4.78 is 29.2. The summed E-state index contributed by atoms with van der Waals surface area (Å²) in [7, 11) is 2.04. The van der Waals surface area contributed by atoms with Crippen molar-refractivity contribution >= 4 is 17.5 Å². The number of rotatable bonds is 5. The van der Waals surface area contributed by atoms with Gasteiger partial charge in [-0.3, -0.25) is 4.79 Å². The number of carbonyl (C=O) groups is 1. The molecule has 0 bridgehead atoms. The number of amides is 1. The van der Waals surface area contributed by atoms with Crippen molar-refractivity contribution in [1.29, 1.82) is 0 Å². The molecule has 22 heavy (non-hydrogen) atoms. The van der Waals surface area contributed by atoms with Crippen LogP contribution in [0.4, 0.5) is 8.78 Å². The van der Waals surface area contributed by atoms with Gasteiger partial charge < -0.3 is 15.0 Å². The zero-order valence-corrected chi connectivity index (χ0v) is 13.1. The predicted octanol–water partition coefficient (Wildman–Crippen LogP) is 3.01. The fraction of sp³-hybridized carbons (Fsp3) is 0.533. The zero-order chi connectivity index (χ0) is 16.1. The van der Waals surface area contributed by atoms with Crippen LogP contribution in [-0.4, -0.2) is 44.1 Å². The van der Waals surface area contributed by atoms with E-state index in [0.29, 0.717) is 17.5 Å². The minimum atomic E-state index is -2.99. The Labute approximate surface area is 133 Å². The van der Waals surface area contributed by atoms with Crippen LogP contribution in [0.25, 0.3) is 0 Å². The minimum absolute atomic E-state index is 0.0250. The molecule has 122 valence electrons. The summed E-state index contributed by atoms with van der Waals surface area (Å²) in [6.45, 7) is -0.509. The lowest BCUT2D eigenvalue weighted by molar-refractivity contribution is -0.0501. The SMILES string of the molecule is CN1CCC[C@H](CNC(=O)c2cc(Cl)ccc2OC(F)F)C1. The van der Waals surface area contributed by atoms with E-state index < -0.39 is 12.5 Å². The number of benzene rings is 1. The number of carbonyl (C=O) groups excluding carboxylic acids is 1. The maximum atomic E-state index is 12.4. The van der Waals surface area contributed by atoms with E-state index in [-0.39, 0.29) is 11.3 Å². The molecule has 1 amide bonds. The van der Waals surface area contributed by atoms with Crippen molar-refractivity contribution in [3.63, 3.8) is 0 Å². The second kappa shape index (κ2) is 7.74. The maximum absolute atomic E-state index is 12.4. The lowest BCUT2D eigenvalue weighted by atomic mass is 9.98. The summed E-state index contributed by atoms with van der Waals surface area (Å²) in [5.74, 6) is -0.259. The predicted molar refractivity (Wildman–Crippen MR) is 80.6 cm³/mol. The largest absolute Gasteiger partial charge is 0.434 e. The fourth-order valence-electron chi connectivity index (χ4n) is 2.65. The number of likely N-dealkylation sites (tertiary alicyclic amines) is 1. The van der Waals surface area contributed by atoms with Crippen LogP contribution < -0.4 is 10.1 Å². The fourth-order valence-corrected chi connectivity index (χ4v) is 2.82. The lowest BCUT2D eigenvalue weighted by Gasteiger charge is -2.29. The molecule has 0 aromatic heterocycles. The number of nitrogens with zero attached hydrogens (tertiary/aromatic N) is 1. The first kappa shape index (κ1) is 17.0. The van der Waals surface area contributed by atoms with Crippen LogP contribution in [0.5, 0.6) is 5.75 Å². The van der Waals surface area contributed by atoms with Gasteiger partial charge in [0.1, 0.15) is 5.75 Å². The normalized spacial score (nSPS) is 19.2. The number of halogens is 3. The van der Waals surface area contributed by atoms with Crippen LogP contribution in [0, 0.1) is 5.92 Å². The lowest BCUT2D eigenvalue weighted by Crippen LogP contribution is -2.39. The third-order valence-electron chi connectivity index (χ3n) is 3.68. The van der Waals surface area contributed by atoms with Gasteiger partial charge in [0.05, 0.1) is 5.56 Å². The van der Waals surface area contributed by atoms with Gasteiger partial charge in [-0.05, 0) is 50.6 Å². The first-order valence-electron chi connectivity index (χ1n) is 7.17. The Kier molecular flexibility index (Phi) is 5.97. The van der Waals surface area contributed by atoms with E-state index in [4.69, 9.17) is 11.6 Å². The molecule has 2 rings (SSSR count). The monoisotopic (exact) mass is 332 g/mol. The second-order valence-electron chi connectivity index (χ2n) is 5.50. The zero-order valence-electron chi connectivity index (χ0n) is 12.3. The highest BCUT2D eigenvalue weighted by Gasteiger charge is 2.20. The summed E-state index contributed by atoms with van der Waals surface area (Å²) in [5, 5.41) is 3.08. The molecule has 0 saturated carbocycles. The average molecular weight is 333 g/mol. The van der Waals surface area contributed by atoms with Crippen LogP contribution in [-0.2, 0) is 0 Å². The van der Waals surface area contributed by atoms with Crippen LogP contribution in [0.1, 0.15) is 23.2 Å². The van der Waals surface area contributed by atoms with E-state index in [9.17, 15) is 13.6 Å². The molecule has 1 aliphatic rings. The molecule has 0 aliphatic carbocycles. The summed E-state index contributed by atoms with van der Waals surface area (Å²) in [6, 6.07) is 4.02. The molecule has 4 nitrogen and oxygen atoms in total. The Balaban J connectivity index is 2.00. The molecule has 7 heteroatoms. The van der Waals surface area contributed by atoms with Crippen LogP contribution in [0.2, 0.25) is 5.02 Å². The number of nitrogens with one attached hydrogen (secondary N) is 1. The van der Waals surface area contributed by atoms with E-state index in [0.717, 1.165) is 25.9 Å². The number of alkyl halides is 2. The number of hydrogen-bond donors (Lipinski definition) is 1. The first-order valence-corrected chi connectivity index (χ1v) is 7.54. The van der Waals surface area contributed by atoms with Gasteiger partial charge in [0.25, 0.3) is 5.91 Å². The van der Waals surface area contributed by atoms with Gasteiger partial charge in [-0.1, -0.05) is 11.6 Å². The Hall–Kier alpha value is -1.40. The van der Waals surface area contributed by atoms with Gasteiger partial charge in [-0.25, -0.2) is 0 Å². The van der Waals surface area contributed by atoms with E-state index in [1.165, 1.54) is 18.2 Å². The number of hydrogen-bond acceptors (Lipinski definition) is 3. The Morgan fingerprint density at radius 1 is 1.55 bits per heavy atom. The van der Waals surface area contributed by atoms with E-state index in [2.05, 4.69) is 15.0 Å². The Morgan fingerprint density at radius 3 is 3.00 bits per heavy atom. The van der Waals surface area contributed by atoms with Crippen molar-refractivity contribution in [2.24, 2.45) is 5.92 Å². The third kappa shape index (κ3) is 4.81. The summed E-state index contributed by atoms with van der Waals surface area (Å²) in [4.78, 5) is 14.4. The minimum Gasteiger partial charge on any atom is -0.434 e. The van der Waals surface area contributed by atoms with Gasteiger partial charge in [-0.15, -0.1) is 0 Å². The molecule has 1 N–H and O–H groups in total. The summed E-state index contributed by atoms with van der Waals surface area (Å²) >= 11 is 5.84. The molecular formula is C15H19ClF2N2O2. The van der Waals surface area contributed by atoms with Crippen LogP contribution in [0.15, 0.2) is 18.2 Å². The van der Waals surface area contributed by atoms with Crippen LogP contribution >= 0.6 is 11.6 Å². The van der Waals surface area contributed by atoms with Gasteiger partial charge >= 0.3 is 6.61 Å². The Morgan fingerprint density at radius 2 is 2.32 bits per heavy atom. The van der Waals surface area contributed by atoms with Crippen molar-refractivity contribution in [1.82, 2.24) is 10.2 Å². The van der Waals surface area contributed by atoms with E-state index in [1.54, 1.807) is 0 Å². The average Bonchev–Trinajstić information content (AvgIpc) is 2.46. The molecule has 1 fully saturated rings. The van der Waals surface area contributed by atoms with Crippen molar-refractivity contribution in [2.45, 2.75) is 19.5 Å². The standard InChI is InChI=1S/C15H19ClF2N2O2/c1-20-6-2-3-10(9-20)8-19-14(21)12-7-11(16)4-5-13(12)22-15(17)18/h4-5,7,10,15H,2-3,6,8-9H2,1H3,(H,19,21)/t10-/m1/s1. The van der Waals surface area contributed by atoms with Gasteiger partial charge in [0.15, 0.2) is 0 Å². The molecule has 1 aromatic carbocycles. The van der Waals surface area contributed by atoms with Crippen LogP contribution in [0.3, 0.4) is 0 Å². The molecule has 0 radical (unpaired) electrons. The molecular weight excluding hydrogens is 314 g/mol. The molecule has 1 heterocycles. The third-order valence-corrected chi connectivity index (χ3v) is 3.91. The van der Waals surface area contributed by atoms with Crippen molar-refractivity contribution in [2.75, 3.05) is 26.7 Å².